The van der Waals surface area contributed by atoms with Gasteiger partial charge in [-0.3, -0.25) is 33.6 Å². The molecule has 30 heteroatoms. The Morgan fingerprint density at radius 3 is 2.02 bits per heavy atom. The van der Waals surface area contributed by atoms with E-state index in [4.69, 9.17) is 16.2 Å². The number of aromatic nitrogens is 3. The van der Waals surface area contributed by atoms with Crippen molar-refractivity contribution in [1.29, 1.82) is 0 Å². The Morgan fingerprint density at radius 1 is 0.725 bits per heavy atom. The largest absolute Gasteiger partial charge is 0.504 e. The Kier molecular flexibility index (Phi) is 22.2. The summed E-state index contributed by atoms with van der Waals surface area (Å²) in [5.74, 6) is -7.71. The van der Waals surface area contributed by atoms with Crippen molar-refractivity contribution in [1.82, 2.24) is 51.6 Å². The minimum Gasteiger partial charge on any atom is -0.504 e. The van der Waals surface area contributed by atoms with E-state index in [2.05, 4.69) is 51.6 Å². The van der Waals surface area contributed by atoms with Gasteiger partial charge in [0.05, 0.1) is 36.6 Å². The summed E-state index contributed by atoms with van der Waals surface area (Å²) >= 11 is 1.33. The van der Waals surface area contributed by atoms with Crippen molar-refractivity contribution >= 4 is 64.2 Å². The Balaban J connectivity index is 0.959. The minimum absolute atomic E-state index is 0.00574. The van der Waals surface area contributed by atoms with Crippen LogP contribution in [0.1, 0.15) is 49.0 Å². The number of hydrogen-bond acceptors (Lipinski definition) is 23. The number of aromatic hydroxyl groups is 1. The maximum Gasteiger partial charge on any atom is 0.251 e. The van der Waals surface area contributed by atoms with E-state index in [0.29, 0.717) is 15.6 Å². The number of phenols is 1. The molecule has 5 aromatic rings. The van der Waals surface area contributed by atoms with Gasteiger partial charge in [-0.2, -0.15) is 0 Å². The lowest BCUT2D eigenvalue weighted by atomic mass is 9.98. The van der Waals surface area contributed by atoms with E-state index in [-0.39, 0.29) is 55.3 Å². The van der Waals surface area contributed by atoms with Crippen molar-refractivity contribution in [2.45, 2.75) is 112 Å². The van der Waals surface area contributed by atoms with Gasteiger partial charge in [0.1, 0.15) is 58.7 Å². The van der Waals surface area contributed by atoms with Crippen LogP contribution in [0.25, 0.3) is 21.1 Å². The maximum atomic E-state index is 14.7. The summed E-state index contributed by atoms with van der Waals surface area (Å²) in [6, 6.07) is 13.1. The lowest BCUT2D eigenvalue weighted by Crippen LogP contribution is -2.64. The SMILES string of the molecule is C[C@@H](O)[C@@H]1NC(=O)[C@@H](NC(=O)c2ccc(-c3nnc(-c4ccc(N5CCN(c6ccccn6)CC5)cc4)s3)cc2)C[C@@H](O)CNC(=O)[C@@H]2[C@@H](O)[C@@H](C)CN2C(=O)[C@H]([C@H](O)CCN)NC(=O)[C@H]([C@H](O)Cc2ccc(O)c(OCCN)c2)NC(=O)[C@@H]2C[C@@H](O)CN2C1=O. The summed E-state index contributed by atoms with van der Waals surface area (Å²) in [6.45, 7) is 4.37. The van der Waals surface area contributed by atoms with E-state index in [1.54, 1.807) is 18.3 Å². The number of phenolic OH excluding ortho intramolecular Hbond substituents is 1. The molecule has 13 atom stereocenters. The third kappa shape index (κ3) is 16.0. The number of hydrogen-bond donors (Lipinski definition) is 14. The molecule has 29 nitrogen and oxygen atoms in total. The van der Waals surface area contributed by atoms with Crippen LogP contribution in [0, 0.1) is 5.92 Å². The molecule has 91 heavy (non-hydrogen) atoms. The van der Waals surface area contributed by atoms with Crippen LogP contribution in [0.4, 0.5) is 11.5 Å². The zero-order chi connectivity index (χ0) is 65.2. The van der Waals surface area contributed by atoms with Crippen LogP contribution in [0.5, 0.6) is 11.5 Å². The third-order valence-electron chi connectivity index (χ3n) is 16.6. The number of pyridine rings is 1. The van der Waals surface area contributed by atoms with Crippen LogP contribution in [0.3, 0.4) is 0 Å². The normalized spacial score (nSPS) is 25.9. The van der Waals surface area contributed by atoms with Crippen molar-refractivity contribution in [2.24, 2.45) is 17.4 Å². The second-order valence-electron chi connectivity index (χ2n) is 23.2. The van der Waals surface area contributed by atoms with Gasteiger partial charge in [0.2, 0.25) is 35.4 Å². The van der Waals surface area contributed by atoms with Crippen molar-refractivity contribution in [3.63, 3.8) is 0 Å². The maximum absolute atomic E-state index is 14.7. The van der Waals surface area contributed by atoms with E-state index in [0.717, 1.165) is 60.0 Å². The summed E-state index contributed by atoms with van der Waals surface area (Å²) in [4.78, 5) is 112. The second-order valence-corrected chi connectivity index (χ2v) is 24.2. The molecule has 488 valence electrons. The second kappa shape index (κ2) is 30.1. The highest BCUT2D eigenvalue weighted by Crippen LogP contribution is 2.33. The molecular formula is C61H78N14O15S. The highest BCUT2D eigenvalue weighted by atomic mass is 32.1. The zero-order valence-corrected chi connectivity index (χ0v) is 51.0. The molecule has 0 spiro atoms. The first-order chi connectivity index (χ1) is 43.6. The van der Waals surface area contributed by atoms with E-state index in [1.165, 1.54) is 48.6 Å². The molecular weight excluding hydrogens is 1200 g/mol. The first kappa shape index (κ1) is 66.9. The predicted molar refractivity (Wildman–Crippen MR) is 331 cm³/mol. The van der Waals surface area contributed by atoms with Crippen LogP contribution in [-0.4, -0.2) is 240 Å². The van der Waals surface area contributed by atoms with Crippen LogP contribution >= 0.6 is 11.3 Å². The number of nitrogens with one attached hydrogen (secondary N) is 5. The smallest absolute Gasteiger partial charge is 0.251 e. The van der Waals surface area contributed by atoms with Crippen molar-refractivity contribution in [3.05, 3.63) is 102 Å². The fourth-order valence-corrected chi connectivity index (χ4v) is 12.5. The Hall–Kier alpha value is -8.46. The molecule has 7 amide bonds. The fourth-order valence-electron chi connectivity index (χ4n) is 11.6. The topological polar surface area (TPSA) is 434 Å². The van der Waals surface area contributed by atoms with Gasteiger partial charge >= 0.3 is 0 Å². The van der Waals surface area contributed by atoms with E-state index < -0.39 is 152 Å². The van der Waals surface area contributed by atoms with Gasteiger partial charge in [0.25, 0.3) is 5.91 Å². The van der Waals surface area contributed by atoms with Gasteiger partial charge in [-0.15, -0.1) is 10.2 Å². The summed E-state index contributed by atoms with van der Waals surface area (Å²) < 4.78 is 5.52. The molecule has 4 saturated heterocycles. The zero-order valence-electron chi connectivity index (χ0n) is 50.2. The Bertz CT molecular complexity index is 3360. The van der Waals surface area contributed by atoms with Crippen LogP contribution < -0.4 is 52.6 Å². The Labute approximate surface area is 527 Å². The number of aliphatic hydroxyl groups is 6. The molecule has 0 saturated carbocycles. The van der Waals surface area contributed by atoms with Gasteiger partial charge in [-0.05, 0) is 86.1 Å². The number of piperazine rings is 1. The monoisotopic (exact) mass is 1280 g/mol. The number of amides is 7. The highest BCUT2D eigenvalue weighted by molar-refractivity contribution is 7.17. The molecule has 0 bridgehead atoms. The number of carbonyl (C=O) groups excluding carboxylic acids is 7. The number of rotatable bonds is 16. The Morgan fingerprint density at radius 2 is 1.37 bits per heavy atom. The summed E-state index contributed by atoms with van der Waals surface area (Å²) in [7, 11) is 0. The summed E-state index contributed by atoms with van der Waals surface area (Å²) in [5.41, 5.74) is 14.2. The molecule has 0 unspecified atom stereocenters. The standard InChI is InChI=1S/C61H78N14O15S/c1-32-30-75-51(52(32)82)57(87)65-29-39(77)27-41(66-53(83)35-7-9-36(10-8-35)58-70-71-59(91-58)37-11-13-38(14-12-37)72-20-22-73(23-21-72)47-5-3-4-19-64-47)54(84)67-48(33(2)76)60(88)74-31-40(78)28-42(74)55(85)68-49(56(86)69-50(61(75)89)44(80)16-17-62)45(81)25-34-6-15-43(79)46(26-34)90-24-18-63/h3-15,19,26,32-33,39-42,44-45,48-52,76-82H,16-18,20-25,27-31,62-63H2,1-2H3,(H,65,87)(H,66,83)(H,67,84)(H,68,85)(H,69,86)/t32-,33+,39+,40+,41-,42-,44+,45+,48-,49-,50-,51-,52-/m0/s1. The van der Waals surface area contributed by atoms with Crippen molar-refractivity contribution < 1.29 is 74.0 Å². The molecule has 4 fully saturated rings. The average Bonchev–Trinajstić information content (AvgIpc) is 1.84. The van der Waals surface area contributed by atoms with Gasteiger partial charge in [0, 0.05) is 106 Å². The predicted octanol–water partition coefficient (Wildman–Crippen LogP) is -3.07. The molecule has 3 aromatic carbocycles. The highest BCUT2D eigenvalue weighted by Gasteiger charge is 2.50. The number of aliphatic hydroxyl groups excluding tert-OH is 6. The van der Waals surface area contributed by atoms with E-state index >= 15 is 0 Å². The van der Waals surface area contributed by atoms with E-state index in [9.17, 15) is 69.3 Å². The lowest BCUT2D eigenvalue weighted by molar-refractivity contribution is -0.147. The molecule has 9 rings (SSSR count). The molecule has 0 radical (unpaired) electrons. The molecule has 6 heterocycles. The molecule has 4 aliphatic heterocycles. The van der Waals surface area contributed by atoms with Crippen molar-refractivity contribution in [3.8, 4) is 32.6 Å². The quantitative estimate of drug-likeness (QED) is 0.0466. The van der Waals surface area contributed by atoms with E-state index in [1.807, 2.05) is 42.5 Å². The van der Waals surface area contributed by atoms with Crippen LogP contribution in [0.2, 0.25) is 0 Å². The first-order valence-electron chi connectivity index (χ1n) is 30.1. The molecule has 2 aromatic heterocycles. The van der Waals surface area contributed by atoms with Gasteiger partial charge in [-0.25, -0.2) is 4.98 Å². The number of fused-ring (bicyclic) bond motifs is 2. The third-order valence-corrected chi connectivity index (χ3v) is 17.6. The molecule has 0 aliphatic carbocycles. The number of β-amino-alcohol motifs (C(OH)–C–C–N with tert-alkyl or cyclic N) is 1. The number of nitrogens with zero attached hydrogens (tertiary/aromatic N) is 7. The van der Waals surface area contributed by atoms with Crippen LogP contribution in [-0.2, 0) is 35.2 Å². The molecule has 4 aliphatic rings. The average molecular weight is 1280 g/mol. The lowest BCUT2D eigenvalue weighted by Gasteiger charge is -2.36. The minimum atomic E-state index is -2.04. The van der Waals surface area contributed by atoms with Crippen molar-refractivity contribution in [2.75, 3.05) is 75.3 Å². The van der Waals surface area contributed by atoms with Gasteiger partial charge in [0.15, 0.2) is 11.5 Å². The number of ether oxygens (including phenoxy) is 1. The first-order valence-corrected chi connectivity index (χ1v) is 30.9. The number of nitrogens with two attached hydrogens (primary N) is 2. The fraction of sp³-hybridized carbons (Fsp3) is 0.475. The van der Waals surface area contributed by atoms with Gasteiger partial charge in [-0.1, -0.05) is 42.5 Å². The molecule has 16 N–H and O–H groups in total. The van der Waals surface area contributed by atoms with Crippen LogP contribution in [0.15, 0.2) is 91.1 Å². The summed E-state index contributed by atoms with van der Waals surface area (Å²) in [6.07, 6.45) is -10.1. The summed E-state index contributed by atoms with van der Waals surface area (Å²) in [5, 5.41) is 101. The van der Waals surface area contributed by atoms with Gasteiger partial charge < -0.3 is 98.1 Å². The number of anilines is 2. The number of benzene rings is 3. The number of carbonyl (C=O) groups is 7.